The average Bonchev–Trinajstić information content (AvgIpc) is 2.40. The van der Waals surface area contributed by atoms with Crippen LogP contribution in [-0.4, -0.2) is 29.1 Å². The number of aromatic amines is 1. The minimum absolute atomic E-state index is 0.288. The Morgan fingerprint density at radius 2 is 1.95 bits per heavy atom. The molecule has 0 atom stereocenters. The van der Waals surface area contributed by atoms with E-state index in [0.717, 1.165) is 0 Å². The van der Waals surface area contributed by atoms with E-state index >= 15 is 0 Å². The van der Waals surface area contributed by atoms with Gasteiger partial charge in [0.25, 0.3) is 5.56 Å². The molecule has 0 radical (unpaired) electrons. The van der Waals surface area contributed by atoms with Gasteiger partial charge in [-0.05, 0) is 26.0 Å². The Bertz CT molecular complexity index is 644. The third kappa shape index (κ3) is 2.76. The Balaban J connectivity index is 2.40. The lowest BCUT2D eigenvalue weighted by atomic mass is 10.2. The summed E-state index contributed by atoms with van der Waals surface area (Å²) in [5.74, 6) is 0.288. The molecule has 1 amide bonds. The highest BCUT2D eigenvalue weighted by Crippen LogP contribution is 2.22. The molecule has 19 heavy (non-hydrogen) atoms. The van der Waals surface area contributed by atoms with Crippen LogP contribution in [0.4, 0.5) is 4.79 Å². The summed E-state index contributed by atoms with van der Waals surface area (Å²) < 4.78 is 5.32. The molecular weight excluding hydrogens is 244 g/mol. The molecule has 0 aliphatic carbocycles. The molecule has 0 unspecified atom stereocenters. The summed E-state index contributed by atoms with van der Waals surface area (Å²) in [5.41, 5.74) is 0.360. The van der Waals surface area contributed by atoms with E-state index in [4.69, 9.17) is 4.74 Å². The van der Waals surface area contributed by atoms with E-state index in [9.17, 15) is 9.59 Å². The second-order valence-electron chi connectivity index (χ2n) is 4.08. The Labute approximate surface area is 110 Å². The van der Waals surface area contributed by atoms with Gasteiger partial charge in [-0.3, -0.25) is 4.79 Å². The number of rotatable bonds is 3. The van der Waals surface area contributed by atoms with Gasteiger partial charge < -0.3 is 14.6 Å². The molecule has 5 nitrogen and oxygen atoms in total. The molecule has 2 rings (SSSR count). The number of H-pyrrole nitrogens is 1. The summed E-state index contributed by atoms with van der Waals surface area (Å²) in [6.45, 7) is 4.88. The highest BCUT2D eigenvalue weighted by atomic mass is 16.6. The Hall–Kier alpha value is -2.30. The number of amides is 1. The summed E-state index contributed by atoms with van der Waals surface area (Å²) >= 11 is 0. The van der Waals surface area contributed by atoms with Crippen molar-refractivity contribution in [1.82, 2.24) is 9.88 Å². The van der Waals surface area contributed by atoms with E-state index in [1.54, 1.807) is 17.0 Å². The van der Waals surface area contributed by atoms with Gasteiger partial charge in [0.15, 0.2) is 0 Å². The molecule has 5 heteroatoms. The second-order valence-corrected chi connectivity index (χ2v) is 4.08. The van der Waals surface area contributed by atoms with E-state index in [1.165, 1.54) is 6.07 Å². The molecule has 0 fully saturated rings. The van der Waals surface area contributed by atoms with Crippen molar-refractivity contribution in [2.45, 2.75) is 13.8 Å². The number of hydrogen-bond acceptors (Lipinski definition) is 3. The maximum absolute atomic E-state index is 11.9. The number of benzene rings is 1. The summed E-state index contributed by atoms with van der Waals surface area (Å²) in [4.78, 5) is 27.7. The fourth-order valence-electron chi connectivity index (χ4n) is 1.90. The standard InChI is InChI=1S/C14H16N2O3/c1-3-16(4-2)14(18)19-12-9-13(17)15-11-8-6-5-7-10(11)12/h5-9H,3-4H2,1-2H3,(H,15,17). The normalized spacial score (nSPS) is 10.4. The van der Waals surface area contributed by atoms with Crippen molar-refractivity contribution in [3.05, 3.63) is 40.7 Å². The molecule has 1 N–H and O–H groups in total. The van der Waals surface area contributed by atoms with Crippen LogP contribution in [0.25, 0.3) is 10.9 Å². The maximum atomic E-state index is 11.9. The van der Waals surface area contributed by atoms with Gasteiger partial charge in [0.2, 0.25) is 0 Å². The average molecular weight is 260 g/mol. The van der Waals surface area contributed by atoms with Gasteiger partial charge in [-0.1, -0.05) is 12.1 Å². The number of nitrogens with one attached hydrogen (secondary N) is 1. The number of para-hydroxylation sites is 1. The summed E-state index contributed by atoms with van der Waals surface area (Å²) in [7, 11) is 0. The van der Waals surface area contributed by atoms with E-state index in [2.05, 4.69) is 4.98 Å². The zero-order valence-electron chi connectivity index (χ0n) is 11.0. The predicted molar refractivity (Wildman–Crippen MR) is 73.5 cm³/mol. The number of pyridine rings is 1. The lowest BCUT2D eigenvalue weighted by molar-refractivity contribution is 0.158. The van der Waals surface area contributed by atoms with Crippen LogP contribution in [0.5, 0.6) is 5.75 Å². The van der Waals surface area contributed by atoms with Crippen LogP contribution >= 0.6 is 0 Å². The lowest BCUT2D eigenvalue weighted by Gasteiger charge is -2.18. The first-order chi connectivity index (χ1) is 9.15. The van der Waals surface area contributed by atoms with E-state index < -0.39 is 6.09 Å². The quantitative estimate of drug-likeness (QED) is 0.921. The zero-order valence-corrected chi connectivity index (χ0v) is 11.0. The van der Waals surface area contributed by atoms with Crippen molar-refractivity contribution in [2.24, 2.45) is 0 Å². The monoisotopic (exact) mass is 260 g/mol. The zero-order chi connectivity index (χ0) is 13.8. The second kappa shape index (κ2) is 5.56. The van der Waals surface area contributed by atoms with E-state index in [0.29, 0.717) is 24.0 Å². The molecule has 0 aliphatic rings. The number of nitrogens with zero attached hydrogens (tertiary/aromatic N) is 1. The molecule has 0 aliphatic heterocycles. The molecule has 100 valence electrons. The van der Waals surface area contributed by atoms with Crippen molar-refractivity contribution in [2.75, 3.05) is 13.1 Å². The van der Waals surface area contributed by atoms with Crippen molar-refractivity contribution in [3.8, 4) is 5.75 Å². The number of carbonyl (C=O) groups is 1. The number of hydrogen-bond donors (Lipinski definition) is 1. The number of ether oxygens (including phenoxy) is 1. The Morgan fingerprint density at radius 3 is 2.63 bits per heavy atom. The molecule has 1 aromatic carbocycles. The Morgan fingerprint density at radius 1 is 1.26 bits per heavy atom. The molecular formula is C14H16N2O3. The summed E-state index contributed by atoms with van der Waals surface area (Å²) in [6.07, 6.45) is -0.444. The van der Waals surface area contributed by atoms with Crippen LogP contribution in [0.15, 0.2) is 35.1 Å². The first kappa shape index (κ1) is 13.1. The van der Waals surface area contributed by atoms with Crippen LogP contribution in [0, 0.1) is 0 Å². The number of aromatic nitrogens is 1. The van der Waals surface area contributed by atoms with Crippen molar-refractivity contribution in [1.29, 1.82) is 0 Å². The fraction of sp³-hybridized carbons (Fsp3) is 0.286. The minimum atomic E-state index is -0.444. The highest BCUT2D eigenvalue weighted by Gasteiger charge is 2.14. The predicted octanol–water partition coefficient (Wildman–Crippen LogP) is 2.37. The third-order valence-corrected chi connectivity index (χ3v) is 2.93. The highest BCUT2D eigenvalue weighted by molar-refractivity contribution is 5.87. The first-order valence-corrected chi connectivity index (χ1v) is 6.24. The number of fused-ring (bicyclic) bond motifs is 1. The Kier molecular flexibility index (Phi) is 3.85. The van der Waals surface area contributed by atoms with E-state index in [1.807, 2.05) is 26.0 Å². The topological polar surface area (TPSA) is 62.4 Å². The van der Waals surface area contributed by atoms with Crippen molar-refractivity contribution in [3.63, 3.8) is 0 Å². The van der Waals surface area contributed by atoms with E-state index in [-0.39, 0.29) is 11.3 Å². The molecule has 2 aromatic rings. The molecule has 0 saturated carbocycles. The minimum Gasteiger partial charge on any atom is -0.409 e. The maximum Gasteiger partial charge on any atom is 0.415 e. The van der Waals surface area contributed by atoms with Crippen molar-refractivity contribution < 1.29 is 9.53 Å². The lowest BCUT2D eigenvalue weighted by Crippen LogP contribution is -2.33. The summed E-state index contributed by atoms with van der Waals surface area (Å²) in [5, 5.41) is 0.711. The molecule has 0 saturated heterocycles. The molecule has 1 heterocycles. The van der Waals surface area contributed by atoms with Crippen LogP contribution in [0.1, 0.15) is 13.8 Å². The third-order valence-electron chi connectivity index (χ3n) is 2.93. The van der Waals surface area contributed by atoms with Gasteiger partial charge in [-0.15, -0.1) is 0 Å². The molecule has 0 bridgehead atoms. The molecule has 0 spiro atoms. The van der Waals surface area contributed by atoms with Gasteiger partial charge in [-0.25, -0.2) is 4.79 Å². The summed E-state index contributed by atoms with van der Waals surface area (Å²) in [6, 6.07) is 8.51. The first-order valence-electron chi connectivity index (χ1n) is 6.24. The van der Waals surface area contributed by atoms with Gasteiger partial charge in [0.1, 0.15) is 5.75 Å². The molecule has 1 aromatic heterocycles. The number of carbonyl (C=O) groups excluding carboxylic acids is 1. The van der Waals surface area contributed by atoms with Gasteiger partial charge in [-0.2, -0.15) is 0 Å². The van der Waals surface area contributed by atoms with Crippen LogP contribution in [0.2, 0.25) is 0 Å². The SMILES string of the molecule is CCN(CC)C(=O)Oc1cc(=O)[nH]c2ccccc12. The fourth-order valence-corrected chi connectivity index (χ4v) is 1.90. The van der Waals surface area contributed by atoms with Gasteiger partial charge in [0, 0.05) is 24.5 Å². The van der Waals surface area contributed by atoms with Crippen LogP contribution < -0.4 is 10.3 Å². The largest absolute Gasteiger partial charge is 0.415 e. The van der Waals surface area contributed by atoms with Crippen LogP contribution in [-0.2, 0) is 0 Å². The van der Waals surface area contributed by atoms with Crippen molar-refractivity contribution >= 4 is 17.0 Å². The van der Waals surface area contributed by atoms with Gasteiger partial charge in [0.05, 0.1) is 5.52 Å². The smallest absolute Gasteiger partial charge is 0.409 e. The van der Waals surface area contributed by atoms with Gasteiger partial charge >= 0.3 is 6.09 Å². The van der Waals surface area contributed by atoms with Crippen LogP contribution in [0.3, 0.4) is 0 Å².